The zero-order valence-electron chi connectivity index (χ0n) is 15.7. The first-order valence-electron chi connectivity index (χ1n) is 9.05. The predicted molar refractivity (Wildman–Crippen MR) is 101 cm³/mol. The van der Waals surface area contributed by atoms with E-state index >= 15 is 0 Å². The minimum Gasteiger partial charge on any atom is -0.480 e. The molecule has 0 saturated heterocycles. The highest BCUT2D eigenvalue weighted by Crippen LogP contribution is 2.10. The molecule has 0 aliphatic heterocycles. The molecule has 1 aromatic carbocycles. The fourth-order valence-electron chi connectivity index (χ4n) is 2.55. The van der Waals surface area contributed by atoms with Crippen LogP contribution in [0.15, 0.2) is 30.3 Å². The lowest BCUT2D eigenvalue weighted by Gasteiger charge is -2.26. The fourth-order valence-corrected chi connectivity index (χ4v) is 2.55. The lowest BCUT2D eigenvalue weighted by molar-refractivity contribution is -0.142. The first-order chi connectivity index (χ1) is 12.8. The van der Waals surface area contributed by atoms with Crippen LogP contribution in [0.4, 0.5) is 0 Å². The summed E-state index contributed by atoms with van der Waals surface area (Å²) in [5.74, 6) is -2.70. The van der Waals surface area contributed by atoms with Gasteiger partial charge in [-0.2, -0.15) is 0 Å². The molecular weight excluding hydrogens is 350 g/mol. The van der Waals surface area contributed by atoms with E-state index in [-0.39, 0.29) is 25.3 Å². The topological polar surface area (TPSA) is 142 Å². The molecule has 0 heterocycles. The number of carboxylic acid groups (broad SMARTS) is 1. The van der Waals surface area contributed by atoms with Crippen molar-refractivity contribution in [2.75, 3.05) is 6.54 Å². The van der Waals surface area contributed by atoms with E-state index in [0.29, 0.717) is 6.42 Å². The number of carboxylic acids is 1. The van der Waals surface area contributed by atoms with Gasteiger partial charge in [-0.25, -0.2) is 4.79 Å². The van der Waals surface area contributed by atoms with Gasteiger partial charge in [0.15, 0.2) is 0 Å². The van der Waals surface area contributed by atoms with Crippen molar-refractivity contribution in [1.82, 2.24) is 10.6 Å². The molecule has 0 aromatic heterocycles. The second kappa shape index (κ2) is 11.3. The fraction of sp³-hybridized carbons (Fsp3) is 0.526. The zero-order valence-corrected chi connectivity index (χ0v) is 15.7. The minimum absolute atomic E-state index is 0.0758. The number of carbonyl (C=O) groups excluding carboxylic acids is 2. The number of hydrogen-bond acceptors (Lipinski definition) is 5. The summed E-state index contributed by atoms with van der Waals surface area (Å²) in [5.41, 5.74) is 6.10. The molecule has 6 N–H and O–H groups in total. The van der Waals surface area contributed by atoms with Crippen molar-refractivity contribution in [2.24, 2.45) is 11.7 Å². The molecule has 8 heteroatoms. The average Bonchev–Trinajstić information content (AvgIpc) is 2.65. The lowest BCUT2D eigenvalue weighted by atomic mass is 9.97. The number of nitrogens with one attached hydrogen (secondary N) is 2. The van der Waals surface area contributed by atoms with E-state index in [0.717, 1.165) is 5.56 Å². The van der Waals surface area contributed by atoms with Crippen LogP contribution in [-0.4, -0.2) is 52.7 Å². The van der Waals surface area contributed by atoms with E-state index in [1.807, 2.05) is 13.0 Å². The van der Waals surface area contributed by atoms with Crippen LogP contribution in [0.2, 0.25) is 0 Å². The molecule has 8 nitrogen and oxygen atoms in total. The molecule has 2 amide bonds. The molecule has 0 aliphatic carbocycles. The van der Waals surface area contributed by atoms with Gasteiger partial charge in [-0.1, -0.05) is 50.6 Å². The van der Waals surface area contributed by atoms with Gasteiger partial charge in [0.05, 0.1) is 0 Å². The van der Waals surface area contributed by atoms with Gasteiger partial charge < -0.3 is 26.6 Å². The third kappa shape index (κ3) is 7.36. The number of aliphatic hydroxyl groups is 1. The SMILES string of the molecule is CC[C@H](C)[C@H](NC(=O)[C@@H](O)CCN)C(=O)N[C@@H](Cc1ccccc1)C(=O)O. The largest absolute Gasteiger partial charge is 0.480 e. The Kier molecular flexibility index (Phi) is 9.46. The second-order valence-electron chi connectivity index (χ2n) is 6.55. The molecule has 0 bridgehead atoms. The molecule has 1 aromatic rings. The summed E-state index contributed by atoms with van der Waals surface area (Å²) >= 11 is 0. The molecule has 1 rings (SSSR count). The number of carbonyl (C=O) groups is 3. The van der Waals surface area contributed by atoms with Crippen molar-refractivity contribution in [3.63, 3.8) is 0 Å². The minimum atomic E-state index is -1.31. The first-order valence-corrected chi connectivity index (χ1v) is 9.05. The Hall–Kier alpha value is -2.45. The maximum absolute atomic E-state index is 12.7. The van der Waals surface area contributed by atoms with Gasteiger partial charge in [-0.05, 0) is 24.4 Å². The smallest absolute Gasteiger partial charge is 0.326 e. The number of amides is 2. The second-order valence-corrected chi connectivity index (χ2v) is 6.55. The summed E-state index contributed by atoms with van der Waals surface area (Å²) in [5, 5.41) is 24.2. The third-order valence-corrected chi connectivity index (χ3v) is 4.43. The van der Waals surface area contributed by atoms with Crippen LogP contribution < -0.4 is 16.4 Å². The Balaban J connectivity index is 2.86. The highest BCUT2D eigenvalue weighted by atomic mass is 16.4. The quantitative estimate of drug-likeness (QED) is 0.367. The number of nitrogens with two attached hydrogens (primary N) is 1. The van der Waals surface area contributed by atoms with Gasteiger partial charge in [0.25, 0.3) is 0 Å². The Bertz CT molecular complexity index is 623. The van der Waals surface area contributed by atoms with Crippen molar-refractivity contribution in [2.45, 2.75) is 51.3 Å². The zero-order chi connectivity index (χ0) is 20.4. The summed E-state index contributed by atoms with van der Waals surface area (Å²) in [6, 6.07) is 6.87. The van der Waals surface area contributed by atoms with Crippen LogP contribution in [0.1, 0.15) is 32.3 Å². The van der Waals surface area contributed by atoms with Crippen molar-refractivity contribution >= 4 is 17.8 Å². The van der Waals surface area contributed by atoms with Crippen LogP contribution in [0.25, 0.3) is 0 Å². The third-order valence-electron chi connectivity index (χ3n) is 4.43. The first kappa shape index (κ1) is 22.6. The summed E-state index contributed by atoms with van der Waals surface area (Å²) in [6.45, 7) is 3.76. The van der Waals surface area contributed by atoms with E-state index in [1.54, 1.807) is 31.2 Å². The number of hydrogen-bond donors (Lipinski definition) is 5. The van der Waals surface area contributed by atoms with E-state index in [1.165, 1.54) is 0 Å². The Morgan fingerprint density at radius 1 is 1.11 bits per heavy atom. The summed E-state index contributed by atoms with van der Waals surface area (Å²) in [7, 11) is 0. The van der Waals surface area contributed by atoms with Crippen molar-refractivity contribution in [3.05, 3.63) is 35.9 Å². The van der Waals surface area contributed by atoms with Gasteiger partial charge in [0, 0.05) is 6.42 Å². The average molecular weight is 379 g/mol. The molecule has 0 radical (unpaired) electrons. The van der Waals surface area contributed by atoms with Gasteiger partial charge in [-0.3, -0.25) is 9.59 Å². The van der Waals surface area contributed by atoms with Gasteiger partial charge in [-0.15, -0.1) is 0 Å². The van der Waals surface area contributed by atoms with Crippen molar-refractivity contribution in [3.8, 4) is 0 Å². The summed E-state index contributed by atoms with van der Waals surface area (Å²) < 4.78 is 0. The van der Waals surface area contributed by atoms with E-state index in [4.69, 9.17) is 5.73 Å². The molecular formula is C19H29N3O5. The van der Waals surface area contributed by atoms with Gasteiger partial charge in [0.2, 0.25) is 11.8 Å². The predicted octanol–water partition coefficient (Wildman–Crippen LogP) is 0.0391. The Morgan fingerprint density at radius 2 is 1.74 bits per heavy atom. The van der Waals surface area contributed by atoms with Crippen LogP contribution in [0, 0.1) is 5.92 Å². The Labute approximate surface area is 159 Å². The Morgan fingerprint density at radius 3 is 2.26 bits per heavy atom. The van der Waals surface area contributed by atoms with Crippen LogP contribution in [0.5, 0.6) is 0 Å². The van der Waals surface area contributed by atoms with E-state index < -0.39 is 36.0 Å². The molecule has 27 heavy (non-hydrogen) atoms. The van der Waals surface area contributed by atoms with Gasteiger partial charge in [0.1, 0.15) is 18.2 Å². The van der Waals surface area contributed by atoms with Crippen molar-refractivity contribution < 1.29 is 24.6 Å². The molecule has 0 aliphatic rings. The highest BCUT2D eigenvalue weighted by molar-refractivity contribution is 5.91. The highest BCUT2D eigenvalue weighted by Gasteiger charge is 2.31. The lowest BCUT2D eigenvalue weighted by Crippen LogP contribution is -2.56. The number of benzene rings is 1. The summed E-state index contributed by atoms with van der Waals surface area (Å²) in [6.07, 6.45) is -0.526. The molecule has 0 fully saturated rings. The molecule has 0 spiro atoms. The number of aliphatic hydroxyl groups excluding tert-OH is 1. The molecule has 0 saturated carbocycles. The normalized spacial score (nSPS) is 15.3. The monoisotopic (exact) mass is 379 g/mol. The number of rotatable bonds is 11. The maximum Gasteiger partial charge on any atom is 0.326 e. The van der Waals surface area contributed by atoms with Crippen molar-refractivity contribution in [1.29, 1.82) is 0 Å². The van der Waals surface area contributed by atoms with Gasteiger partial charge >= 0.3 is 5.97 Å². The molecule has 4 atom stereocenters. The maximum atomic E-state index is 12.7. The van der Waals surface area contributed by atoms with Crippen LogP contribution >= 0.6 is 0 Å². The molecule has 150 valence electrons. The molecule has 0 unspecified atom stereocenters. The number of aliphatic carboxylic acids is 1. The van der Waals surface area contributed by atoms with E-state index in [9.17, 15) is 24.6 Å². The summed E-state index contributed by atoms with van der Waals surface area (Å²) in [4.78, 5) is 36.3. The van der Waals surface area contributed by atoms with Crippen LogP contribution in [0.3, 0.4) is 0 Å². The van der Waals surface area contributed by atoms with Crippen LogP contribution in [-0.2, 0) is 20.8 Å². The van der Waals surface area contributed by atoms with E-state index in [2.05, 4.69) is 10.6 Å². The standard InChI is InChI=1S/C19H29N3O5/c1-3-12(2)16(22-17(24)15(23)9-10-20)18(25)21-14(19(26)27)11-13-7-5-4-6-8-13/h4-8,12,14-16,23H,3,9-11,20H2,1-2H3,(H,21,25)(H,22,24)(H,26,27)/t12-,14-,15-,16-/m0/s1.